The van der Waals surface area contributed by atoms with Crippen LogP contribution in [-0.2, 0) is 0 Å². The SMILES string of the molecule is Fc1ccc(F)c(-c2cn[nH]c2[C@@H]2CCCN(C[C@H]3CC=CCC3)C2)c1. The predicted molar refractivity (Wildman–Crippen MR) is 98.8 cm³/mol. The van der Waals surface area contributed by atoms with Crippen molar-refractivity contribution in [1.29, 1.82) is 0 Å². The van der Waals surface area contributed by atoms with Gasteiger partial charge in [-0.25, -0.2) is 8.78 Å². The van der Waals surface area contributed by atoms with Crippen LogP contribution in [0.3, 0.4) is 0 Å². The molecule has 1 saturated heterocycles. The van der Waals surface area contributed by atoms with Crippen LogP contribution in [-0.4, -0.2) is 34.7 Å². The number of nitrogens with zero attached hydrogens (tertiary/aromatic N) is 2. The summed E-state index contributed by atoms with van der Waals surface area (Å²) in [6.45, 7) is 3.19. The first-order valence-corrected chi connectivity index (χ1v) is 9.56. The minimum absolute atomic E-state index is 0.281. The van der Waals surface area contributed by atoms with Gasteiger partial charge in [-0.1, -0.05) is 12.2 Å². The Morgan fingerprint density at radius 1 is 1.15 bits per heavy atom. The van der Waals surface area contributed by atoms with E-state index in [1.165, 1.54) is 31.4 Å². The van der Waals surface area contributed by atoms with E-state index in [4.69, 9.17) is 0 Å². The van der Waals surface area contributed by atoms with Gasteiger partial charge in [0.1, 0.15) is 11.6 Å². The van der Waals surface area contributed by atoms with E-state index in [0.717, 1.165) is 50.2 Å². The topological polar surface area (TPSA) is 31.9 Å². The summed E-state index contributed by atoms with van der Waals surface area (Å²) < 4.78 is 27.9. The van der Waals surface area contributed by atoms with E-state index in [-0.39, 0.29) is 5.92 Å². The number of allylic oxidation sites excluding steroid dienone is 2. The van der Waals surface area contributed by atoms with Crippen molar-refractivity contribution in [3.05, 3.63) is 53.9 Å². The van der Waals surface area contributed by atoms with Crippen molar-refractivity contribution in [2.75, 3.05) is 19.6 Å². The van der Waals surface area contributed by atoms with Crippen LogP contribution < -0.4 is 0 Å². The van der Waals surface area contributed by atoms with Crippen LogP contribution in [0.2, 0.25) is 0 Å². The molecule has 4 rings (SSSR count). The molecule has 0 unspecified atom stereocenters. The van der Waals surface area contributed by atoms with E-state index in [2.05, 4.69) is 27.2 Å². The Bertz CT molecular complexity index is 783. The zero-order valence-electron chi connectivity index (χ0n) is 14.9. The van der Waals surface area contributed by atoms with Gasteiger partial charge in [0.05, 0.1) is 6.20 Å². The number of nitrogens with one attached hydrogen (secondary N) is 1. The average molecular weight is 357 g/mol. The van der Waals surface area contributed by atoms with Crippen molar-refractivity contribution >= 4 is 0 Å². The van der Waals surface area contributed by atoms with Crippen molar-refractivity contribution in [3.8, 4) is 11.1 Å². The Morgan fingerprint density at radius 2 is 2.08 bits per heavy atom. The van der Waals surface area contributed by atoms with Crippen molar-refractivity contribution in [2.45, 2.75) is 38.0 Å². The molecule has 0 radical (unpaired) electrons. The second-order valence-corrected chi connectivity index (χ2v) is 7.57. The Balaban J connectivity index is 1.52. The summed E-state index contributed by atoms with van der Waals surface area (Å²) in [4.78, 5) is 2.53. The normalized spacial score (nSPS) is 24.1. The van der Waals surface area contributed by atoms with Crippen LogP contribution in [0.25, 0.3) is 11.1 Å². The Morgan fingerprint density at radius 3 is 2.92 bits per heavy atom. The third kappa shape index (κ3) is 3.73. The molecule has 1 aromatic heterocycles. The number of H-pyrrole nitrogens is 1. The molecule has 26 heavy (non-hydrogen) atoms. The molecule has 1 aliphatic carbocycles. The number of piperidine rings is 1. The number of likely N-dealkylation sites (tertiary alicyclic amines) is 1. The molecule has 2 atom stereocenters. The first kappa shape index (κ1) is 17.4. The zero-order valence-corrected chi connectivity index (χ0v) is 14.9. The maximum absolute atomic E-state index is 14.2. The smallest absolute Gasteiger partial charge is 0.131 e. The summed E-state index contributed by atoms with van der Waals surface area (Å²) in [7, 11) is 0. The van der Waals surface area contributed by atoms with Gasteiger partial charge in [0.2, 0.25) is 0 Å². The summed E-state index contributed by atoms with van der Waals surface area (Å²) in [5.41, 5.74) is 1.92. The lowest BCUT2D eigenvalue weighted by atomic mass is 9.88. The van der Waals surface area contributed by atoms with Crippen LogP contribution in [0.1, 0.15) is 43.7 Å². The van der Waals surface area contributed by atoms with Gasteiger partial charge in [0.25, 0.3) is 0 Å². The van der Waals surface area contributed by atoms with Crippen LogP contribution in [0.4, 0.5) is 8.78 Å². The third-order valence-corrected chi connectivity index (χ3v) is 5.70. The Labute approximate surface area is 153 Å². The number of hydrogen-bond acceptors (Lipinski definition) is 2. The minimum atomic E-state index is -0.427. The lowest BCUT2D eigenvalue weighted by molar-refractivity contribution is 0.173. The van der Waals surface area contributed by atoms with E-state index in [1.54, 1.807) is 6.20 Å². The molecule has 2 heterocycles. The number of hydrogen-bond donors (Lipinski definition) is 1. The molecule has 2 aromatic rings. The van der Waals surface area contributed by atoms with Crippen LogP contribution in [0.5, 0.6) is 0 Å². The standard InChI is InChI=1S/C21H25F2N3/c22-17-8-9-20(23)18(11-17)19-12-24-25-21(19)16-7-4-10-26(14-16)13-15-5-2-1-3-6-15/h1-2,8-9,11-12,15-16H,3-7,10,13-14H2,(H,24,25)/t15-,16+/m0/s1. The highest BCUT2D eigenvalue weighted by atomic mass is 19.1. The van der Waals surface area contributed by atoms with Gasteiger partial charge in [0.15, 0.2) is 0 Å². The largest absolute Gasteiger partial charge is 0.302 e. The third-order valence-electron chi connectivity index (χ3n) is 5.70. The van der Waals surface area contributed by atoms with Crippen molar-refractivity contribution in [3.63, 3.8) is 0 Å². The predicted octanol–water partition coefficient (Wildman–Crippen LogP) is 4.89. The van der Waals surface area contributed by atoms with Crippen LogP contribution >= 0.6 is 0 Å². The summed E-state index contributed by atoms with van der Waals surface area (Å²) in [5, 5.41) is 7.21. The quantitative estimate of drug-likeness (QED) is 0.790. The van der Waals surface area contributed by atoms with Gasteiger partial charge in [-0.3, -0.25) is 5.10 Å². The van der Waals surface area contributed by atoms with Gasteiger partial charge < -0.3 is 4.90 Å². The molecule has 2 aliphatic rings. The molecule has 3 nitrogen and oxygen atoms in total. The summed E-state index contributed by atoms with van der Waals surface area (Å²) in [5.74, 6) is 0.184. The molecule has 1 N–H and O–H groups in total. The molecule has 1 aromatic carbocycles. The van der Waals surface area contributed by atoms with E-state index < -0.39 is 11.6 Å². The fraction of sp³-hybridized carbons (Fsp3) is 0.476. The number of aromatic nitrogens is 2. The molecule has 5 heteroatoms. The molecule has 0 amide bonds. The molecular formula is C21H25F2N3. The monoisotopic (exact) mass is 357 g/mol. The van der Waals surface area contributed by atoms with Crippen molar-refractivity contribution in [1.82, 2.24) is 15.1 Å². The maximum Gasteiger partial charge on any atom is 0.131 e. The van der Waals surface area contributed by atoms with Gasteiger partial charge in [-0.2, -0.15) is 5.10 Å². The number of aromatic amines is 1. The van der Waals surface area contributed by atoms with Crippen LogP contribution in [0, 0.1) is 17.6 Å². The molecule has 1 aliphatic heterocycles. The number of rotatable bonds is 4. The first-order chi connectivity index (χ1) is 12.7. The minimum Gasteiger partial charge on any atom is -0.302 e. The summed E-state index contributed by atoms with van der Waals surface area (Å²) >= 11 is 0. The Hall–Kier alpha value is -2.01. The molecule has 138 valence electrons. The zero-order chi connectivity index (χ0) is 17.9. The van der Waals surface area contributed by atoms with Crippen LogP contribution in [0.15, 0.2) is 36.5 Å². The van der Waals surface area contributed by atoms with Gasteiger partial charge in [-0.05, 0) is 62.8 Å². The highest BCUT2D eigenvalue weighted by molar-refractivity contribution is 5.66. The van der Waals surface area contributed by atoms with E-state index >= 15 is 0 Å². The lowest BCUT2D eigenvalue weighted by Crippen LogP contribution is -2.38. The number of halogens is 2. The lowest BCUT2D eigenvalue weighted by Gasteiger charge is -2.35. The molecular weight excluding hydrogens is 332 g/mol. The average Bonchev–Trinajstić information content (AvgIpc) is 3.14. The fourth-order valence-electron chi connectivity index (χ4n) is 4.37. The van der Waals surface area contributed by atoms with E-state index in [9.17, 15) is 8.78 Å². The first-order valence-electron chi connectivity index (χ1n) is 9.56. The molecule has 1 fully saturated rings. The van der Waals surface area contributed by atoms with Gasteiger partial charge >= 0.3 is 0 Å². The highest BCUT2D eigenvalue weighted by Gasteiger charge is 2.27. The summed E-state index contributed by atoms with van der Waals surface area (Å²) in [6, 6.07) is 3.60. The van der Waals surface area contributed by atoms with E-state index in [0.29, 0.717) is 11.1 Å². The fourth-order valence-corrected chi connectivity index (χ4v) is 4.37. The Kier molecular flexibility index (Phi) is 5.16. The highest BCUT2D eigenvalue weighted by Crippen LogP contribution is 2.35. The van der Waals surface area contributed by atoms with Crippen molar-refractivity contribution < 1.29 is 8.78 Å². The maximum atomic E-state index is 14.2. The molecule has 0 bridgehead atoms. The summed E-state index contributed by atoms with van der Waals surface area (Å²) in [6.07, 6.45) is 12.0. The number of benzene rings is 1. The second-order valence-electron chi connectivity index (χ2n) is 7.57. The van der Waals surface area contributed by atoms with Crippen molar-refractivity contribution in [2.24, 2.45) is 5.92 Å². The van der Waals surface area contributed by atoms with Gasteiger partial charge in [0, 0.05) is 35.8 Å². The molecule has 0 spiro atoms. The molecule has 0 saturated carbocycles. The van der Waals surface area contributed by atoms with E-state index in [1.807, 2.05) is 0 Å². The van der Waals surface area contributed by atoms with Gasteiger partial charge in [-0.15, -0.1) is 0 Å². The second kappa shape index (κ2) is 7.70.